The van der Waals surface area contributed by atoms with Crippen LogP contribution in [0.15, 0.2) is 24.3 Å². The zero-order chi connectivity index (χ0) is 14.5. The molecule has 0 saturated carbocycles. The SMILES string of the molecule is CN(C)Cc1ccc(NC(=O)C2CNC(=O)CN2)cc1. The number of nitrogens with one attached hydrogen (secondary N) is 3. The molecular formula is C14H20N4O2. The smallest absolute Gasteiger partial charge is 0.243 e. The van der Waals surface area contributed by atoms with Crippen LogP contribution in [0.4, 0.5) is 5.69 Å². The minimum Gasteiger partial charge on any atom is -0.353 e. The first-order chi connectivity index (χ1) is 9.54. The van der Waals surface area contributed by atoms with Gasteiger partial charge in [0.1, 0.15) is 6.04 Å². The van der Waals surface area contributed by atoms with E-state index in [1.54, 1.807) is 0 Å². The highest BCUT2D eigenvalue weighted by Gasteiger charge is 2.23. The molecule has 1 heterocycles. The summed E-state index contributed by atoms with van der Waals surface area (Å²) in [6.45, 7) is 1.37. The summed E-state index contributed by atoms with van der Waals surface area (Å²) in [6, 6.07) is 7.38. The molecule has 1 fully saturated rings. The van der Waals surface area contributed by atoms with Gasteiger partial charge in [0.25, 0.3) is 0 Å². The Morgan fingerprint density at radius 1 is 1.35 bits per heavy atom. The lowest BCUT2D eigenvalue weighted by Crippen LogP contribution is -2.56. The van der Waals surface area contributed by atoms with Gasteiger partial charge in [-0.05, 0) is 31.8 Å². The summed E-state index contributed by atoms with van der Waals surface area (Å²) >= 11 is 0. The van der Waals surface area contributed by atoms with Crippen LogP contribution in [0.5, 0.6) is 0 Å². The Balaban J connectivity index is 1.89. The van der Waals surface area contributed by atoms with Crippen molar-refractivity contribution in [3.8, 4) is 0 Å². The number of amides is 2. The van der Waals surface area contributed by atoms with Crippen molar-refractivity contribution in [1.82, 2.24) is 15.5 Å². The maximum atomic E-state index is 12.0. The fraction of sp³-hybridized carbons (Fsp3) is 0.429. The number of rotatable bonds is 4. The maximum Gasteiger partial charge on any atom is 0.243 e. The van der Waals surface area contributed by atoms with Gasteiger partial charge in [0.05, 0.1) is 6.54 Å². The fourth-order valence-electron chi connectivity index (χ4n) is 2.04. The molecule has 0 spiro atoms. The van der Waals surface area contributed by atoms with Crippen LogP contribution in [0.1, 0.15) is 5.56 Å². The number of carbonyl (C=O) groups is 2. The Kier molecular flexibility index (Phi) is 4.70. The van der Waals surface area contributed by atoms with Crippen LogP contribution in [-0.2, 0) is 16.1 Å². The molecule has 1 aromatic rings. The predicted octanol–water partition coefficient (Wildman–Crippen LogP) is -0.225. The third-order valence-corrected chi connectivity index (χ3v) is 3.05. The minimum absolute atomic E-state index is 0.0814. The summed E-state index contributed by atoms with van der Waals surface area (Å²) in [5.41, 5.74) is 1.95. The number of anilines is 1. The van der Waals surface area contributed by atoms with E-state index in [-0.39, 0.29) is 24.4 Å². The second-order valence-corrected chi connectivity index (χ2v) is 5.16. The molecule has 1 aliphatic heterocycles. The zero-order valence-electron chi connectivity index (χ0n) is 11.8. The number of hydrogen-bond acceptors (Lipinski definition) is 4. The van der Waals surface area contributed by atoms with E-state index in [0.717, 1.165) is 12.2 Å². The highest BCUT2D eigenvalue weighted by molar-refractivity contribution is 5.96. The Morgan fingerprint density at radius 2 is 2.05 bits per heavy atom. The van der Waals surface area contributed by atoms with Crippen LogP contribution < -0.4 is 16.0 Å². The first-order valence-electron chi connectivity index (χ1n) is 6.59. The first kappa shape index (κ1) is 14.5. The molecule has 0 aromatic heterocycles. The first-order valence-corrected chi connectivity index (χ1v) is 6.59. The number of nitrogens with zero attached hydrogens (tertiary/aromatic N) is 1. The number of hydrogen-bond donors (Lipinski definition) is 3. The van der Waals surface area contributed by atoms with E-state index >= 15 is 0 Å². The summed E-state index contributed by atoms with van der Waals surface area (Å²) in [5.74, 6) is -0.215. The highest BCUT2D eigenvalue weighted by atomic mass is 16.2. The number of piperazine rings is 1. The Bertz CT molecular complexity index is 474. The van der Waals surface area contributed by atoms with Gasteiger partial charge in [-0.25, -0.2) is 0 Å². The molecule has 6 heteroatoms. The number of carbonyl (C=O) groups excluding carboxylic acids is 2. The zero-order valence-corrected chi connectivity index (χ0v) is 11.8. The molecule has 1 aromatic carbocycles. The monoisotopic (exact) mass is 276 g/mol. The molecule has 1 atom stereocenters. The van der Waals surface area contributed by atoms with Crippen LogP contribution in [0.25, 0.3) is 0 Å². The summed E-state index contributed by atoms with van der Waals surface area (Å²) in [6.07, 6.45) is 0. The average molecular weight is 276 g/mol. The van der Waals surface area contributed by atoms with Crippen molar-refractivity contribution in [2.24, 2.45) is 0 Å². The minimum atomic E-state index is -0.380. The molecule has 20 heavy (non-hydrogen) atoms. The molecule has 1 saturated heterocycles. The lowest BCUT2D eigenvalue weighted by Gasteiger charge is -2.23. The molecule has 1 unspecified atom stereocenters. The second kappa shape index (κ2) is 6.49. The van der Waals surface area contributed by atoms with Gasteiger partial charge in [0, 0.05) is 18.8 Å². The summed E-state index contributed by atoms with van der Waals surface area (Å²) in [7, 11) is 4.03. The predicted molar refractivity (Wildman–Crippen MR) is 77.3 cm³/mol. The normalized spacial score (nSPS) is 18.8. The van der Waals surface area contributed by atoms with Gasteiger partial charge in [-0.3, -0.25) is 14.9 Å². The molecular weight excluding hydrogens is 256 g/mol. The van der Waals surface area contributed by atoms with Crippen LogP contribution >= 0.6 is 0 Å². The van der Waals surface area contributed by atoms with E-state index in [1.165, 1.54) is 5.56 Å². The average Bonchev–Trinajstić information content (AvgIpc) is 2.41. The molecule has 2 amide bonds. The van der Waals surface area contributed by atoms with Gasteiger partial charge in [0.15, 0.2) is 0 Å². The van der Waals surface area contributed by atoms with Gasteiger partial charge in [-0.1, -0.05) is 12.1 Å². The van der Waals surface area contributed by atoms with Gasteiger partial charge < -0.3 is 15.5 Å². The third-order valence-electron chi connectivity index (χ3n) is 3.05. The van der Waals surface area contributed by atoms with Gasteiger partial charge >= 0.3 is 0 Å². The molecule has 0 aliphatic carbocycles. The largest absolute Gasteiger partial charge is 0.353 e. The van der Waals surface area contributed by atoms with E-state index in [9.17, 15) is 9.59 Å². The standard InChI is InChI=1S/C14H20N4O2/c1-18(2)9-10-3-5-11(6-4-10)17-14(20)12-7-16-13(19)8-15-12/h3-6,12,15H,7-9H2,1-2H3,(H,16,19)(H,17,20). The molecule has 2 rings (SSSR count). The van der Waals surface area contributed by atoms with Gasteiger partial charge in [-0.2, -0.15) is 0 Å². The molecule has 3 N–H and O–H groups in total. The van der Waals surface area contributed by atoms with Crippen LogP contribution in [0.2, 0.25) is 0 Å². The lowest BCUT2D eigenvalue weighted by molar-refractivity contribution is -0.124. The van der Waals surface area contributed by atoms with Crippen molar-refractivity contribution in [2.45, 2.75) is 12.6 Å². The van der Waals surface area contributed by atoms with E-state index in [1.807, 2.05) is 38.4 Å². The van der Waals surface area contributed by atoms with Crippen LogP contribution in [0, 0.1) is 0 Å². The molecule has 0 radical (unpaired) electrons. The molecule has 1 aliphatic rings. The van der Waals surface area contributed by atoms with Crippen molar-refractivity contribution in [2.75, 3.05) is 32.5 Å². The summed E-state index contributed by atoms with van der Waals surface area (Å²) in [4.78, 5) is 25.1. The summed E-state index contributed by atoms with van der Waals surface area (Å²) < 4.78 is 0. The van der Waals surface area contributed by atoms with Crippen molar-refractivity contribution >= 4 is 17.5 Å². The fourth-order valence-corrected chi connectivity index (χ4v) is 2.04. The molecule has 108 valence electrons. The Labute approximate surface area is 118 Å². The van der Waals surface area contributed by atoms with E-state index < -0.39 is 0 Å². The number of benzene rings is 1. The van der Waals surface area contributed by atoms with Gasteiger partial charge in [-0.15, -0.1) is 0 Å². The Morgan fingerprint density at radius 3 is 2.60 bits per heavy atom. The second-order valence-electron chi connectivity index (χ2n) is 5.16. The molecule has 6 nitrogen and oxygen atoms in total. The van der Waals surface area contributed by atoms with Crippen LogP contribution in [-0.4, -0.2) is 49.9 Å². The molecule has 0 bridgehead atoms. The van der Waals surface area contributed by atoms with Crippen molar-refractivity contribution in [3.05, 3.63) is 29.8 Å². The Hall–Kier alpha value is -1.92. The highest BCUT2D eigenvalue weighted by Crippen LogP contribution is 2.11. The van der Waals surface area contributed by atoms with Crippen molar-refractivity contribution in [1.29, 1.82) is 0 Å². The van der Waals surface area contributed by atoms with E-state index in [2.05, 4.69) is 20.9 Å². The quantitative estimate of drug-likeness (QED) is 0.710. The topological polar surface area (TPSA) is 73.5 Å². The van der Waals surface area contributed by atoms with E-state index in [0.29, 0.717) is 6.54 Å². The maximum absolute atomic E-state index is 12.0. The lowest BCUT2D eigenvalue weighted by atomic mass is 10.1. The van der Waals surface area contributed by atoms with Crippen molar-refractivity contribution < 1.29 is 9.59 Å². The van der Waals surface area contributed by atoms with Gasteiger partial charge in [0.2, 0.25) is 11.8 Å². The third kappa shape index (κ3) is 4.04. The van der Waals surface area contributed by atoms with Crippen molar-refractivity contribution in [3.63, 3.8) is 0 Å². The van der Waals surface area contributed by atoms with Crippen LogP contribution in [0.3, 0.4) is 0 Å². The summed E-state index contributed by atoms with van der Waals surface area (Å²) in [5, 5.41) is 8.40. The van der Waals surface area contributed by atoms with E-state index in [4.69, 9.17) is 0 Å².